The Morgan fingerprint density at radius 1 is 1.12 bits per heavy atom. The fourth-order valence-electron chi connectivity index (χ4n) is 4.23. The van der Waals surface area contributed by atoms with Crippen molar-refractivity contribution in [3.05, 3.63) is 64.5 Å². The number of carbonyl (C=O) groups excluding carboxylic acids is 1. The average Bonchev–Trinajstić information content (AvgIpc) is 2.96. The molecule has 1 saturated heterocycles. The van der Waals surface area contributed by atoms with Gasteiger partial charge in [-0.3, -0.25) is 24.3 Å². The quantitative estimate of drug-likeness (QED) is 0.307. The number of benzene rings is 2. The van der Waals surface area contributed by atoms with E-state index in [4.69, 9.17) is 9.94 Å². The number of hydrogen-bond donors (Lipinski definition) is 2. The van der Waals surface area contributed by atoms with Gasteiger partial charge < -0.3 is 4.74 Å². The van der Waals surface area contributed by atoms with E-state index < -0.39 is 32.4 Å². The van der Waals surface area contributed by atoms with E-state index in [-0.39, 0.29) is 23.9 Å². The molecule has 1 aliphatic rings. The molecule has 0 saturated carbocycles. The largest absolute Gasteiger partial charge is 0.379 e. The molecule has 0 spiro atoms. The van der Waals surface area contributed by atoms with Crippen molar-refractivity contribution in [3.8, 4) is 11.1 Å². The lowest BCUT2D eigenvalue weighted by molar-refractivity contribution is -0.128. The molecule has 40 heavy (non-hydrogen) atoms. The smallest absolute Gasteiger partial charge is 0.261 e. The zero-order valence-corrected chi connectivity index (χ0v) is 24.5. The Hall–Kier alpha value is -3.19. The highest BCUT2D eigenvalue weighted by Gasteiger charge is 2.28. The molecule has 1 atom stereocenters. The lowest BCUT2D eigenvalue weighted by Gasteiger charge is -2.26. The summed E-state index contributed by atoms with van der Waals surface area (Å²) >= 11 is 0. The number of nitrogens with zero attached hydrogens (tertiary/aromatic N) is 3. The number of amides is 1. The maximum atomic E-state index is 15.1. The monoisotopic (exact) mass is 578 g/mol. The van der Waals surface area contributed by atoms with E-state index in [0.29, 0.717) is 24.3 Å². The highest BCUT2D eigenvalue weighted by atomic mass is 32.2. The Kier molecular flexibility index (Phi) is 12.8. The van der Waals surface area contributed by atoms with Crippen molar-refractivity contribution in [2.75, 3.05) is 32.6 Å². The second kappa shape index (κ2) is 15.6. The van der Waals surface area contributed by atoms with E-state index in [9.17, 15) is 18.0 Å². The van der Waals surface area contributed by atoms with Gasteiger partial charge in [-0.25, -0.2) is 23.3 Å². The Morgan fingerprint density at radius 3 is 2.33 bits per heavy atom. The number of nitrogens with one attached hydrogen (secondary N) is 1. The molecule has 1 amide bonds. The van der Waals surface area contributed by atoms with Crippen LogP contribution in [0.25, 0.3) is 22.0 Å². The van der Waals surface area contributed by atoms with Crippen LogP contribution in [0.3, 0.4) is 0 Å². The number of hydroxylamine groups is 1. The number of fused-ring (bicyclic) bond motifs is 1. The summed E-state index contributed by atoms with van der Waals surface area (Å²) in [5, 5.41) is 7.29. The van der Waals surface area contributed by atoms with Crippen LogP contribution >= 0.6 is 0 Å². The minimum absolute atomic E-state index is 0.0326. The van der Waals surface area contributed by atoms with E-state index in [0.717, 1.165) is 42.1 Å². The topological polar surface area (TPSA) is 131 Å². The van der Waals surface area contributed by atoms with E-state index in [2.05, 4.69) is 9.88 Å². The second-order valence-corrected chi connectivity index (χ2v) is 11.0. The number of halogens is 1. The normalized spacial score (nSPS) is 14.4. The first-order valence-corrected chi connectivity index (χ1v) is 15.3. The van der Waals surface area contributed by atoms with E-state index in [1.54, 1.807) is 0 Å². The SMILES string of the molecule is CC.CC.CS(=O)(=O)C(CCn1cnc2cc(-c3ccc(CN4CCOCC4)cc3)c(F)cc2c1=O)C(=O)NO. The fraction of sp³-hybridized carbons (Fsp3) is 0.464. The lowest BCUT2D eigenvalue weighted by atomic mass is 10.0. The molecule has 10 nitrogen and oxygen atoms in total. The molecule has 1 aromatic heterocycles. The molecule has 2 heterocycles. The van der Waals surface area contributed by atoms with Crippen molar-refractivity contribution in [2.45, 2.75) is 52.5 Å². The lowest BCUT2D eigenvalue weighted by Crippen LogP contribution is -2.39. The van der Waals surface area contributed by atoms with Crippen molar-refractivity contribution in [2.24, 2.45) is 0 Å². The minimum Gasteiger partial charge on any atom is -0.379 e. The van der Waals surface area contributed by atoms with Crippen LogP contribution in [-0.2, 0) is 32.5 Å². The Labute approximate surface area is 234 Å². The number of hydrogen-bond acceptors (Lipinski definition) is 8. The van der Waals surface area contributed by atoms with Crippen LogP contribution in [0.2, 0.25) is 0 Å². The van der Waals surface area contributed by atoms with Gasteiger partial charge in [0.25, 0.3) is 11.5 Å². The Bertz CT molecular complexity index is 1420. The van der Waals surface area contributed by atoms with Crippen LogP contribution < -0.4 is 11.0 Å². The van der Waals surface area contributed by atoms with Gasteiger partial charge in [-0.15, -0.1) is 0 Å². The molecule has 1 fully saturated rings. The van der Waals surface area contributed by atoms with Crippen molar-refractivity contribution in [1.29, 1.82) is 0 Å². The predicted octanol–water partition coefficient (Wildman–Crippen LogP) is 3.40. The molecular weight excluding hydrogens is 539 g/mol. The van der Waals surface area contributed by atoms with Crippen molar-refractivity contribution in [3.63, 3.8) is 0 Å². The minimum atomic E-state index is -3.83. The molecule has 4 rings (SSSR count). The first-order chi connectivity index (χ1) is 19.2. The summed E-state index contributed by atoms with van der Waals surface area (Å²) in [7, 11) is -3.83. The fourth-order valence-corrected chi connectivity index (χ4v) is 5.21. The predicted molar refractivity (Wildman–Crippen MR) is 153 cm³/mol. The Balaban J connectivity index is 0.00000134. The van der Waals surface area contributed by atoms with Gasteiger partial charge in [-0.05, 0) is 29.7 Å². The van der Waals surface area contributed by atoms with E-state index in [1.807, 2.05) is 52.0 Å². The van der Waals surface area contributed by atoms with Crippen LogP contribution in [0, 0.1) is 5.82 Å². The number of aromatic nitrogens is 2. The number of carbonyl (C=O) groups is 1. The molecule has 12 heteroatoms. The Morgan fingerprint density at radius 2 is 1.75 bits per heavy atom. The van der Waals surface area contributed by atoms with Crippen LogP contribution in [0.5, 0.6) is 0 Å². The highest BCUT2D eigenvalue weighted by molar-refractivity contribution is 7.92. The van der Waals surface area contributed by atoms with Gasteiger partial charge in [-0.2, -0.15) is 0 Å². The number of aryl methyl sites for hydroxylation is 1. The van der Waals surface area contributed by atoms with Crippen molar-refractivity contribution >= 4 is 26.6 Å². The molecule has 2 aromatic carbocycles. The third kappa shape index (κ3) is 8.40. The number of rotatable bonds is 8. The molecule has 0 bridgehead atoms. The number of morpholine rings is 1. The van der Waals surface area contributed by atoms with Gasteiger partial charge in [0, 0.05) is 38.0 Å². The van der Waals surface area contributed by atoms with Gasteiger partial charge in [0.1, 0.15) is 11.1 Å². The summed E-state index contributed by atoms with van der Waals surface area (Å²) in [6, 6.07) is 10.2. The standard InChI is InChI=1S/C24H27FN4O6S.2C2H6/c1-36(33,34)22(23(30)27-32)6-7-29-15-26-21-13-18(20(25)12-19(21)24(29)31)17-4-2-16(3-5-17)14-28-8-10-35-11-9-28;2*1-2/h2-5,12-13,15,22,32H,6-11,14H2,1H3,(H,27,30);2*1-2H3. The second-order valence-electron chi connectivity index (χ2n) is 8.76. The molecule has 0 radical (unpaired) electrons. The summed E-state index contributed by atoms with van der Waals surface area (Å²) in [4.78, 5) is 31.2. The van der Waals surface area contributed by atoms with Crippen molar-refractivity contribution in [1.82, 2.24) is 19.9 Å². The highest BCUT2D eigenvalue weighted by Crippen LogP contribution is 2.26. The van der Waals surface area contributed by atoms with Gasteiger partial charge in [0.15, 0.2) is 9.84 Å². The summed E-state index contributed by atoms with van der Waals surface area (Å²) in [5.41, 5.74) is 3.11. The molecule has 3 aromatic rings. The summed E-state index contributed by atoms with van der Waals surface area (Å²) in [5.74, 6) is -1.68. The van der Waals surface area contributed by atoms with Gasteiger partial charge in [-0.1, -0.05) is 52.0 Å². The zero-order valence-electron chi connectivity index (χ0n) is 23.7. The molecule has 1 aliphatic heterocycles. The molecular formula is C28H39FN4O6S. The molecule has 2 N–H and O–H groups in total. The number of sulfone groups is 1. The first kappa shape index (κ1) is 33.0. The van der Waals surface area contributed by atoms with Crippen LogP contribution in [0.4, 0.5) is 4.39 Å². The van der Waals surface area contributed by atoms with Crippen LogP contribution in [0.15, 0.2) is 47.5 Å². The molecule has 0 aliphatic carbocycles. The van der Waals surface area contributed by atoms with E-state index >= 15 is 4.39 Å². The van der Waals surface area contributed by atoms with Gasteiger partial charge in [0.2, 0.25) is 0 Å². The first-order valence-electron chi connectivity index (χ1n) is 13.4. The third-order valence-electron chi connectivity index (χ3n) is 6.24. The van der Waals surface area contributed by atoms with Crippen molar-refractivity contribution < 1.29 is 27.5 Å². The van der Waals surface area contributed by atoms with Crippen LogP contribution in [0.1, 0.15) is 39.7 Å². The summed E-state index contributed by atoms with van der Waals surface area (Å²) < 4.78 is 45.2. The van der Waals surface area contributed by atoms with Gasteiger partial charge >= 0.3 is 0 Å². The summed E-state index contributed by atoms with van der Waals surface area (Å²) in [6.45, 7) is 11.8. The number of ether oxygens (including phenoxy) is 1. The maximum Gasteiger partial charge on any atom is 0.261 e. The molecule has 1 unspecified atom stereocenters. The average molecular weight is 579 g/mol. The van der Waals surface area contributed by atoms with Crippen LogP contribution in [-0.4, -0.2) is 71.8 Å². The zero-order chi connectivity index (χ0) is 29.9. The van der Waals surface area contributed by atoms with Gasteiger partial charge in [0.05, 0.1) is 30.4 Å². The third-order valence-corrected chi connectivity index (χ3v) is 7.72. The summed E-state index contributed by atoms with van der Waals surface area (Å²) in [6.07, 6.45) is 1.82. The molecule has 220 valence electrons. The van der Waals surface area contributed by atoms with E-state index in [1.165, 1.54) is 17.9 Å². The maximum absolute atomic E-state index is 15.1.